The van der Waals surface area contributed by atoms with Crippen LogP contribution in [0.25, 0.3) is 0 Å². The minimum absolute atomic E-state index is 0.0296. The van der Waals surface area contributed by atoms with E-state index in [2.05, 4.69) is 10.2 Å². The number of aliphatic hydroxyl groups is 1. The molecule has 144 valence electrons. The SMILES string of the molecule is COc1ccc(CN(C(=O)NCCCN2CCC[C@@H](O)C2)C2CC2)cc1. The van der Waals surface area contributed by atoms with Crippen LogP contribution >= 0.6 is 0 Å². The van der Waals surface area contributed by atoms with Crippen molar-refractivity contribution in [1.29, 1.82) is 0 Å². The van der Waals surface area contributed by atoms with Crippen molar-refractivity contribution in [3.05, 3.63) is 29.8 Å². The van der Waals surface area contributed by atoms with Gasteiger partial charge >= 0.3 is 6.03 Å². The quantitative estimate of drug-likeness (QED) is 0.697. The van der Waals surface area contributed by atoms with Crippen LogP contribution in [-0.2, 0) is 6.54 Å². The molecule has 2 fully saturated rings. The number of aliphatic hydroxyl groups excluding tert-OH is 1. The molecule has 1 aromatic carbocycles. The van der Waals surface area contributed by atoms with E-state index in [1.807, 2.05) is 29.2 Å². The summed E-state index contributed by atoms with van der Waals surface area (Å²) in [5.41, 5.74) is 1.12. The van der Waals surface area contributed by atoms with Crippen LogP contribution < -0.4 is 10.1 Å². The Hall–Kier alpha value is -1.79. The van der Waals surface area contributed by atoms with Crippen LogP contribution in [0.3, 0.4) is 0 Å². The lowest BCUT2D eigenvalue weighted by molar-refractivity contribution is 0.0701. The second kappa shape index (κ2) is 9.24. The molecule has 2 N–H and O–H groups in total. The molecule has 2 aliphatic rings. The first-order valence-corrected chi connectivity index (χ1v) is 9.73. The van der Waals surface area contributed by atoms with Crippen LogP contribution in [0, 0.1) is 0 Å². The van der Waals surface area contributed by atoms with Crippen molar-refractivity contribution in [1.82, 2.24) is 15.1 Å². The van der Waals surface area contributed by atoms with E-state index >= 15 is 0 Å². The fraction of sp³-hybridized carbons (Fsp3) is 0.650. The summed E-state index contributed by atoms with van der Waals surface area (Å²) in [6.07, 6.45) is 4.89. The standard InChI is InChI=1S/C20H31N3O3/c1-26-19-9-5-16(6-10-19)14-23(17-7-8-17)20(25)21-11-3-13-22-12-2-4-18(24)15-22/h5-6,9-10,17-18,24H,2-4,7-8,11-15H2,1H3,(H,21,25)/t18-/m1/s1. The monoisotopic (exact) mass is 361 g/mol. The molecule has 1 aliphatic heterocycles. The predicted octanol–water partition coefficient (Wildman–Crippen LogP) is 2.22. The van der Waals surface area contributed by atoms with Crippen molar-refractivity contribution in [3.63, 3.8) is 0 Å². The number of nitrogens with zero attached hydrogens (tertiary/aromatic N) is 2. The van der Waals surface area contributed by atoms with Gasteiger partial charge in [-0.3, -0.25) is 0 Å². The number of piperidine rings is 1. The molecule has 2 amide bonds. The Bertz CT molecular complexity index is 574. The van der Waals surface area contributed by atoms with E-state index in [0.717, 1.165) is 63.1 Å². The molecular formula is C20H31N3O3. The number of benzene rings is 1. The van der Waals surface area contributed by atoms with Gasteiger partial charge in [-0.05, 0) is 62.9 Å². The van der Waals surface area contributed by atoms with E-state index < -0.39 is 0 Å². The summed E-state index contributed by atoms with van der Waals surface area (Å²) in [6, 6.07) is 8.31. The molecule has 0 unspecified atom stereocenters. The molecule has 1 saturated heterocycles. The van der Waals surface area contributed by atoms with Crippen LogP contribution in [0.5, 0.6) is 5.75 Å². The third-order valence-corrected chi connectivity index (χ3v) is 5.17. The molecule has 26 heavy (non-hydrogen) atoms. The Kier molecular flexibility index (Phi) is 6.74. The lowest BCUT2D eigenvalue weighted by Gasteiger charge is -2.30. The molecule has 6 nitrogen and oxygen atoms in total. The van der Waals surface area contributed by atoms with Gasteiger partial charge in [-0.15, -0.1) is 0 Å². The minimum Gasteiger partial charge on any atom is -0.497 e. The molecule has 0 aromatic heterocycles. The number of carbonyl (C=O) groups excluding carboxylic acids is 1. The molecule has 1 aromatic rings. The highest BCUT2D eigenvalue weighted by atomic mass is 16.5. The molecule has 1 heterocycles. The van der Waals surface area contributed by atoms with Gasteiger partial charge < -0.3 is 25.0 Å². The van der Waals surface area contributed by atoms with Gasteiger partial charge in [-0.1, -0.05) is 12.1 Å². The maximum absolute atomic E-state index is 12.6. The highest BCUT2D eigenvalue weighted by Crippen LogP contribution is 2.28. The van der Waals surface area contributed by atoms with E-state index in [4.69, 9.17) is 4.74 Å². The fourth-order valence-corrected chi connectivity index (χ4v) is 3.51. The fourth-order valence-electron chi connectivity index (χ4n) is 3.51. The van der Waals surface area contributed by atoms with Crippen LogP contribution in [0.15, 0.2) is 24.3 Å². The number of urea groups is 1. The van der Waals surface area contributed by atoms with Crippen LogP contribution in [-0.4, -0.2) is 66.4 Å². The van der Waals surface area contributed by atoms with E-state index in [-0.39, 0.29) is 12.1 Å². The zero-order valence-electron chi connectivity index (χ0n) is 15.7. The van der Waals surface area contributed by atoms with Gasteiger partial charge in [-0.2, -0.15) is 0 Å². The van der Waals surface area contributed by atoms with E-state index in [0.29, 0.717) is 19.1 Å². The summed E-state index contributed by atoms with van der Waals surface area (Å²) >= 11 is 0. The van der Waals surface area contributed by atoms with Gasteiger partial charge in [0.2, 0.25) is 0 Å². The van der Waals surface area contributed by atoms with Crippen molar-refractivity contribution in [2.45, 2.75) is 50.8 Å². The zero-order valence-corrected chi connectivity index (χ0v) is 15.7. The molecule has 1 aliphatic carbocycles. The number of methoxy groups -OCH3 is 1. The van der Waals surface area contributed by atoms with Gasteiger partial charge in [0.25, 0.3) is 0 Å². The molecule has 3 rings (SSSR count). The molecular weight excluding hydrogens is 330 g/mol. The average molecular weight is 361 g/mol. The van der Waals surface area contributed by atoms with Crippen LogP contribution in [0.1, 0.15) is 37.7 Å². The molecule has 1 saturated carbocycles. The summed E-state index contributed by atoms with van der Waals surface area (Å²) in [7, 11) is 1.66. The largest absolute Gasteiger partial charge is 0.497 e. The van der Waals surface area contributed by atoms with E-state index in [9.17, 15) is 9.90 Å². The molecule has 0 radical (unpaired) electrons. The summed E-state index contributed by atoms with van der Waals surface area (Å²) in [5.74, 6) is 0.832. The van der Waals surface area contributed by atoms with Gasteiger partial charge in [0.15, 0.2) is 0 Å². The molecule has 0 spiro atoms. The third kappa shape index (κ3) is 5.61. The van der Waals surface area contributed by atoms with E-state index in [1.54, 1.807) is 7.11 Å². The number of rotatable bonds is 8. The van der Waals surface area contributed by atoms with Crippen molar-refractivity contribution >= 4 is 6.03 Å². The molecule has 0 bridgehead atoms. The van der Waals surface area contributed by atoms with Crippen molar-refractivity contribution < 1.29 is 14.6 Å². The maximum atomic E-state index is 12.6. The first-order valence-electron chi connectivity index (χ1n) is 9.73. The number of likely N-dealkylation sites (tertiary alicyclic amines) is 1. The molecule has 6 heteroatoms. The summed E-state index contributed by atoms with van der Waals surface area (Å²) in [5, 5.41) is 12.8. The van der Waals surface area contributed by atoms with Gasteiger partial charge in [0, 0.05) is 25.7 Å². The van der Waals surface area contributed by atoms with Crippen LogP contribution in [0.4, 0.5) is 4.79 Å². The molecule has 1 atom stereocenters. The number of nitrogens with one attached hydrogen (secondary N) is 1. The Morgan fingerprint density at radius 2 is 2.08 bits per heavy atom. The Morgan fingerprint density at radius 1 is 1.31 bits per heavy atom. The third-order valence-electron chi connectivity index (χ3n) is 5.17. The van der Waals surface area contributed by atoms with Gasteiger partial charge in [0.1, 0.15) is 5.75 Å². The minimum atomic E-state index is -0.187. The first kappa shape index (κ1) is 19.0. The van der Waals surface area contributed by atoms with Crippen LogP contribution in [0.2, 0.25) is 0 Å². The number of ether oxygens (including phenoxy) is 1. The topological polar surface area (TPSA) is 65.0 Å². The lowest BCUT2D eigenvalue weighted by atomic mass is 10.1. The Morgan fingerprint density at radius 3 is 2.73 bits per heavy atom. The second-order valence-electron chi connectivity index (χ2n) is 7.39. The predicted molar refractivity (Wildman–Crippen MR) is 101 cm³/mol. The number of amides is 2. The normalized spacial score (nSPS) is 20.6. The average Bonchev–Trinajstić information content (AvgIpc) is 3.49. The maximum Gasteiger partial charge on any atom is 0.317 e. The Labute approximate surface area is 156 Å². The van der Waals surface area contributed by atoms with E-state index in [1.165, 1.54) is 0 Å². The summed E-state index contributed by atoms with van der Waals surface area (Å²) in [4.78, 5) is 16.8. The smallest absolute Gasteiger partial charge is 0.317 e. The lowest BCUT2D eigenvalue weighted by Crippen LogP contribution is -2.43. The first-order chi connectivity index (χ1) is 12.7. The summed E-state index contributed by atoms with van der Waals surface area (Å²) < 4.78 is 5.19. The number of hydrogen-bond donors (Lipinski definition) is 2. The second-order valence-corrected chi connectivity index (χ2v) is 7.39. The number of β-amino-alcohol motifs (C(OH)–C–C–N with tert-alkyl or cyclic N) is 1. The summed E-state index contributed by atoms with van der Waals surface area (Å²) in [6.45, 7) is 4.06. The van der Waals surface area contributed by atoms with Crippen molar-refractivity contribution in [2.75, 3.05) is 33.3 Å². The highest BCUT2D eigenvalue weighted by molar-refractivity contribution is 5.74. The van der Waals surface area contributed by atoms with Gasteiger partial charge in [-0.25, -0.2) is 4.79 Å². The zero-order chi connectivity index (χ0) is 18.4. The van der Waals surface area contributed by atoms with Gasteiger partial charge in [0.05, 0.1) is 13.2 Å². The Balaban J connectivity index is 1.42. The highest BCUT2D eigenvalue weighted by Gasteiger charge is 2.32. The van der Waals surface area contributed by atoms with Crippen molar-refractivity contribution in [3.8, 4) is 5.75 Å². The van der Waals surface area contributed by atoms with Crippen molar-refractivity contribution in [2.24, 2.45) is 0 Å². The number of carbonyl (C=O) groups is 1. The number of hydrogen-bond acceptors (Lipinski definition) is 4.